The Hall–Kier alpha value is -3.49. The number of ether oxygens (including phenoxy) is 3. The summed E-state index contributed by atoms with van der Waals surface area (Å²) in [6.45, 7) is 0.892. The van der Waals surface area contributed by atoms with Gasteiger partial charge in [-0.15, -0.1) is 0 Å². The van der Waals surface area contributed by atoms with Gasteiger partial charge in [-0.25, -0.2) is 0 Å². The maximum absolute atomic E-state index is 12.9. The van der Waals surface area contributed by atoms with E-state index in [1.54, 1.807) is 39.7 Å². The first-order valence-electron chi connectivity index (χ1n) is 10.6. The highest BCUT2D eigenvalue weighted by molar-refractivity contribution is 5.79. The minimum atomic E-state index is 0.0995. The minimum Gasteiger partial charge on any atom is -0.493 e. The monoisotopic (exact) mass is 441 g/mol. The second kappa shape index (κ2) is 9.76. The van der Waals surface area contributed by atoms with Gasteiger partial charge in [0, 0.05) is 24.4 Å². The molecular formula is C23H27N3O6. The summed E-state index contributed by atoms with van der Waals surface area (Å²) >= 11 is 0. The Bertz CT molecular complexity index is 1020. The van der Waals surface area contributed by atoms with Crippen LogP contribution >= 0.6 is 0 Å². The lowest BCUT2D eigenvalue weighted by atomic mass is 9.84. The van der Waals surface area contributed by atoms with Gasteiger partial charge < -0.3 is 28.1 Å². The maximum atomic E-state index is 12.9. The molecule has 0 unspecified atom stereocenters. The number of carbonyl (C=O) groups excluding carboxylic acids is 1. The minimum absolute atomic E-state index is 0.0995. The molecule has 2 aromatic heterocycles. The Morgan fingerprint density at radius 2 is 1.91 bits per heavy atom. The van der Waals surface area contributed by atoms with E-state index in [-0.39, 0.29) is 11.8 Å². The van der Waals surface area contributed by atoms with E-state index >= 15 is 0 Å². The van der Waals surface area contributed by atoms with Crippen LogP contribution in [0.2, 0.25) is 0 Å². The van der Waals surface area contributed by atoms with Gasteiger partial charge in [-0.05, 0) is 37.1 Å². The molecule has 1 fully saturated rings. The third-order valence-corrected chi connectivity index (χ3v) is 5.68. The fourth-order valence-corrected chi connectivity index (χ4v) is 3.69. The van der Waals surface area contributed by atoms with Gasteiger partial charge in [-0.3, -0.25) is 4.79 Å². The Kier molecular flexibility index (Phi) is 6.63. The van der Waals surface area contributed by atoms with Gasteiger partial charge in [0.15, 0.2) is 11.5 Å². The highest BCUT2D eigenvalue weighted by atomic mass is 16.5. The Morgan fingerprint density at radius 1 is 1.16 bits per heavy atom. The van der Waals surface area contributed by atoms with Gasteiger partial charge in [-0.1, -0.05) is 11.6 Å². The summed E-state index contributed by atoms with van der Waals surface area (Å²) in [5.74, 6) is 3.35. The molecular weight excluding hydrogens is 414 g/mol. The summed E-state index contributed by atoms with van der Waals surface area (Å²) in [4.78, 5) is 19.2. The van der Waals surface area contributed by atoms with E-state index in [1.165, 1.54) is 0 Å². The van der Waals surface area contributed by atoms with Crippen LogP contribution < -0.4 is 14.2 Å². The Balaban J connectivity index is 1.48. The van der Waals surface area contributed by atoms with Crippen LogP contribution in [0.25, 0.3) is 11.4 Å². The molecule has 1 aliphatic carbocycles. The number of furan rings is 1. The number of benzene rings is 1. The number of nitrogens with zero attached hydrogens (tertiary/aromatic N) is 3. The zero-order valence-corrected chi connectivity index (χ0v) is 18.5. The van der Waals surface area contributed by atoms with Crippen molar-refractivity contribution in [3.8, 4) is 28.6 Å². The normalized spacial score (nSPS) is 13.5. The van der Waals surface area contributed by atoms with Crippen molar-refractivity contribution in [3.05, 3.63) is 42.2 Å². The first kappa shape index (κ1) is 21.7. The van der Waals surface area contributed by atoms with E-state index in [1.807, 2.05) is 17.0 Å². The van der Waals surface area contributed by atoms with E-state index in [4.69, 9.17) is 23.2 Å². The summed E-state index contributed by atoms with van der Waals surface area (Å²) in [5.41, 5.74) is 0.674. The van der Waals surface area contributed by atoms with Crippen LogP contribution in [0.15, 0.2) is 39.5 Å². The number of carbonyl (C=O) groups is 1. The molecule has 0 radical (unpaired) electrons. The first-order valence-corrected chi connectivity index (χ1v) is 10.6. The quantitative estimate of drug-likeness (QED) is 0.469. The highest BCUT2D eigenvalue weighted by Gasteiger charge is 2.30. The molecule has 2 heterocycles. The largest absolute Gasteiger partial charge is 0.493 e. The topological polar surface area (TPSA) is 100 Å². The molecule has 1 amide bonds. The second-order valence-electron chi connectivity index (χ2n) is 7.64. The maximum Gasteiger partial charge on any atom is 0.228 e. The van der Waals surface area contributed by atoms with Gasteiger partial charge >= 0.3 is 0 Å². The summed E-state index contributed by atoms with van der Waals surface area (Å²) in [6, 6.07) is 7.22. The lowest BCUT2D eigenvalue weighted by molar-refractivity contribution is -0.139. The van der Waals surface area contributed by atoms with Gasteiger partial charge in [0.2, 0.25) is 23.4 Å². The summed E-state index contributed by atoms with van der Waals surface area (Å²) < 4.78 is 27.0. The van der Waals surface area contributed by atoms with E-state index < -0.39 is 0 Å². The predicted molar refractivity (Wildman–Crippen MR) is 115 cm³/mol. The van der Waals surface area contributed by atoms with Crippen LogP contribution in [0.1, 0.15) is 30.9 Å². The van der Waals surface area contributed by atoms with Crippen LogP contribution in [-0.4, -0.2) is 48.8 Å². The predicted octanol–water partition coefficient (Wildman–Crippen LogP) is 3.73. The van der Waals surface area contributed by atoms with Gasteiger partial charge in [0.1, 0.15) is 5.76 Å². The van der Waals surface area contributed by atoms with Crippen LogP contribution in [-0.2, 0) is 17.8 Å². The summed E-state index contributed by atoms with van der Waals surface area (Å²) in [6.07, 6.45) is 5.05. The molecule has 0 saturated heterocycles. The zero-order chi connectivity index (χ0) is 22.5. The summed E-state index contributed by atoms with van der Waals surface area (Å²) in [5, 5.41) is 4.09. The SMILES string of the molecule is COc1cc(-c2noc(CCN(Cc3ccco3)C(=O)C3CCC3)n2)cc(OC)c1OC. The van der Waals surface area contributed by atoms with Crippen molar-refractivity contribution in [2.75, 3.05) is 27.9 Å². The fourth-order valence-electron chi connectivity index (χ4n) is 3.69. The van der Waals surface area contributed by atoms with Crippen molar-refractivity contribution in [1.29, 1.82) is 0 Å². The molecule has 0 N–H and O–H groups in total. The van der Waals surface area contributed by atoms with Gasteiger partial charge in [0.05, 0.1) is 34.1 Å². The van der Waals surface area contributed by atoms with Crippen molar-refractivity contribution in [1.82, 2.24) is 15.0 Å². The lowest BCUT2D eigenvalue weighted by Gasteiger charge is -2.31. The molecule has 4 rings (SSSR count). The van der Waals surface area contributed by atoms with Crippen LogP contribution in [0.4, 0.5) is 0 Å². The molecule has 9 nitrogen and oxygen atoms in total. The lowest BCUT2D eigenvalue weighted by Crippen LogP contribution is -2.39. The number of amides is 1. The van der Waals surface area contributed by atoms with Crippen molar-refractivity contribution >= 4 is 5.91 Å². The third kappa shape index (κ3) is 4.56. The van der Waals surface area contributed by atoms with Crippen molar-refractivity contribution < 1.29 is 27.9 Å². The zero-order valence-electron chi connectivity index (χ0n) is 18.5. The highest BCUT2D eigenvalue weighted by Crippen LogP contribution is 2.40. The van der Waals surface area contributed by atoms with E-state index in [9.17, 15) is 4.79 Å². The average molecular weight is 441 g/mol. The van der Waals surface area contributed by atoms with Gasteiger partial charge in [0.25, 0.3) is 0 Å². The number of rotatable bonds is 10. The molecule has 0 spiro atoms. The molecule has 0 aliphatic heterocycles. The third-order valence-electron chi connectivity index (χ3n) is 5.68. The van der Waals surface area contributed by atoms with Crippen LogP contribution in [0.5, 0.6) is 17.2 Å². The molecule has 0 atom stereocenters. The van der Waals surface area contributed by atoms with Crippen LogP contribution in [0.3, 0.4) is 0 Å². The number of aromatic nitrogens is 2. The van der Waals surface area contributed by atoms with E-state index in [0.717, 1.165) is 25.0 Å². The Morgan fingerprint density at radius 3 is 2.47 bits per heavy atom. The van der Waals surface area contributed by atoms with Crippen LogP contribution in [0, 0.1) is 5.92 Å². The second-order valence-corrected chi connectivity index (χ2v) is 7.64. The van der Waals surface area contributed by atoms with Crippen molar-refractivity contribution in [3.63, 3.8) is 0 Å². The molecule has 1 saturated carbocycles. The molecule has 1 aromatic carbocycles. The number of hydrogen-bond donors (Lipinski definition) is 0. The van der Waals surface area contributed by atoms with E-state index in [0.29, 0.717) is 54.0 Å². The summed E-state index contributed by atoms with van der Waals surface area (Å²) in [7, 11) is 4.65. The van der Waals surface area contributed by atoms with E-state index in [2.05, 4.69) is 10.1 Å². The standard InChI is InChI=1S/C23H27N3O6/c1-28-18-12-16(13-19(29-2)21(18)30-3)22-24-20(32-25-22)9-10-26(14-17-8-5-11-31-17)23(27)15-6-4-7-15/h5,8,11-13,15H,4,6-7,9-10,14H2,1-3H3. The van der Waals surface area contributed by atoms with Gasteiger partial charge in [-0.2, -0.15) is 4.98 Å². The molecule has 3 aromatic rings. The number of hydrogen-bond acceptors (Lipinski definition) is 8. The molecule has 0 bridgehead atoms. The molecule has 32 heavy (non-hydrogen) atoms. The number of methoxy groups -OCH3 is 3. The average Bonchev–Trinajstić information content (AvgIpc) is 3.46. The molecule has 1 aliphatic rings. The molecule has 9 heteroatoms. The first-order chi connectivity index (χ1) is 15.6. The van der Waals surface area contributed by atoms with Crippen molar-refractivity contribution in [2.45, 2.75) is 32.2 Å². The molecule has 170 valence electrons. The smallest absolute Gasteiger partial charge is 0.228 e. The Labute approximate surface area is 186 Å². The fraction of sp³-hybridized carbons (Fsp3) is 0.435. The van der Waals surface area contributed by atoms with Crippen molar-refractivity contribution in [2.24, 2.45) is 5.92 Å².